The normalized spacial score (nSPS) is 18.2. The standard InChI is InChI=1S/C24H25N5O/c1-28-14-25-27-22(28)10-5-15-3-2-4-18(11-15)29-13-20-19(24(29)30)12-21(16-6-7-16)26-23(20)17-8-9-17/h2-4,11-12,14,16-17H,5-10,13H2,1H3. The number of pyridine rings is 1. The van der Waals surface area contributed by atoms with Crippen LogP contribution in [0, 0.1) is 0 Å². The maximum Gasteiger partial charge on any atom is 0.259 e. The molecule has 2 saturated carbocycles. The van der Waals surface area contributed by atoms with Gasteiger partial charge in [0.15, 0.2) is 0 Å². The van der Waals surface area contributed by atoms with Crippen LogP contribution in [0.5, 0.6) is 0 Å². The van der Waals surface area contributed by atoms with E-state index >= 15 is 0 Å². The fraction of sp³-hybridized carbons (Fsp3) is 0.417. The molecule has 1 amide bonds. The third-order valence-corrected chi connectivity index (χ3v) is 6.59. The second-order valence-electron chi connectivity index (χ2n) is 8.93. The Balaban J connectivity index is 1.28. The summed E-state index contributed by atoms with van der Waals surface area (Å²) >= 11 is 0. The molecule has 1 aromatic carbocycles. The van der Waals surface area contributed by atoms with Gasteiger partial charge in [0.2, 0.25) is 0 Å². The summed E-state index contributed by atoms with van der Waals surface area (Å²) in [6.07, 6.45) is 8.26. The van der Waals surface area contributed by atoms with Crippen molar-refractivity contribution in [3.05, 3.63) is 70.6 Å². The molecule has 0 radical (unpaired) electrons. The molecule has 0 spiro atoms. The van der Waals surface area contributed by atoms with Crippen LogP contribution in [-0.2, 0) is 26.4 Å². The molecule has 1 aliphatic heterocycles. The highest BCUT2D eigenvalue weighted by atomic mass is 16.2. The van der Waals surface area contributed by atoms with Gasteiger partial charge in [-0.25, -0.2) is 0 Å². The summed E-state index contributed by atoms with van der Waals surface area (Å²) in [7, 11) is 1.97. The van der Waals surface area contributed by atoms with Gasteiger partial charge in [-0.2, -0.15) is 0 Å². The first-order chi connectivity index (χ1) is 14.7. The van der Waals surface area contributed by atoms with Gasteiger partial charge in [0.25, 0.3) is 5.91 Å². The number of benzene rings is 1. The number of carbonyl (C=O) groups is 1. The molecule has 2 aliphatic carbocycles. The van der Waals surface area contributed by atoms with Gasteiger partial charge < -0.3 is 9.47 Å². The first kappa shape index (κ1) is 17.8. The zero-order valence-electron chi connectivity index (χ0n) is 17.2. The molecule has 30 heavy (non-hydrogen) atoms. The number of aromatic nitrogens is 4. The summed E-state index contributed by atoms with van der Waals surface area (Å²) < 4.78 is 1.95. The molecule has 152 valence electrons. The van der Waals surface area contributed by atoms with Crippen LogP contribution in [0.1, 0.15) is 76.2 Å². The summed E-state index contributed by atoms with van der Waals surface area (Å²) in [5.41, 5.74) is 6.57. The molecular formula is C24H25N5O. The minimum absolute atomic E-state index is 0.127. The van der Waals surface area contributed by atoms with E-state index in [1.807, 2.05) is 28.6 Å². The van der Waals surface area contributed by atoms with E-state index in [-0.39, 0.29) is 5.91 Å². The van der Waals surface area contributed by atoms with Crippen molar-refractivity contribution in [1.82, 2.24) is 19.7 Å². The number of anilines is 1. The molecule has 2 aromatic heterocycles. The van der Waals surface area contributed by atoms with E-state index in [2.05, 4.69) is 28.4 Å². The molecule has 3 aliphatic rings. The zero-order valence-corrected chi connectivity index (χ0v) is 17.2. The van der Waals surface area contributed by atoms with Crippen molar-refractivity contribution in [3.8, 4) is 0 Å². The third kappa shape index (κ3) is 3.11. The Bertz CT molecular complexity index is 1140. The van der Waals surface area contributed by atoms with E-state index in [1.54, 1.807) is 6.33 Å². The molecule has 6 heteroatoms. The molecule has 2 fully saturated rings. The maximum absolute atomic E-state index is 13.4. The average Bonchev–Trinajstić information content (AvgIpc) is 3.68. The number of amides is 1. The van der Waals surface area contributed by atoms with E-state index in [4.69, 9.17) is 4.98 Å². The lowest BCUT2D eigenvalue weighted by Gasteiger charge is -2.17. The molecule has 0 N–H and O–H groups in total. The van der Waals surface area contributed by atoms with Crippen molar-refractivity contribution in [2.45, 2.75) is 56.9 Å². The monoisotopic (exact) mass is 399 g/mol. The second-order valence-corrected chi connectivity index (χ2v) is 8.93. The maximum atomic E-state index is 13.4. The molecule has 3 heterocycles. The minimum atomic E-state index is 0.127. The number of nitrogens with zero attached hydrogens (tertiary/aromatic N) is 5. The van der Waals surface area contributed by atoms with Crippen molar-refractivity contribution in [2.75, 3.05) is 4.90 Å². The van der Waals surface area contributed by atoms with E-state index in [0.717, 1.165) is 41.2 Å². The summed E-state index contributed by atoms with van der Waals surface area (Å²) in [6, 6.07) is 10.4. The van der Waals surface area contributed by atoms with Crippen molar-refractivity contribution in [2.24, 2.45) is 7.05 Å². The number of aryl methyl sites for hydroxylation is 3. The molecule has 0 saturated heterocycles. The number of fused-ring (bicyclic) bond motifs is 1. The highest BCUT2D eigenvalue weighted by Gasteiger charge is 2.38. The molecule has 6 rings (SSSR count). The van der Waals surface area contributed by atoms with E-state index in [0.29, 0.717) is 18.4 Å². The smallest absolute Gasteiger partial charge is 0.259 e. The second kappa shape index (κ2) is 6.76. The predicted octanol–water partition coefficient (Wildman–Crippen LogP) is 3.91. The van der Waals surface area contributed by atoms with Crippen LogP contribution in [0.15, 0.2) is 36.7 Å². The van der Waals surface area contributed by atoms with Crippen LogP contribution in [-0.4, -0.2) is 25.7 Å². The van der Waals surface area contributed by atoms with Gasteiger partial charge >= 0.3 is 0 Å². The lowest BCUT2D eigenvalue weighted by atomic mass is 10.0. The third-order valence-electron chi connectivity index (χ3n) is 6.59. The molecule has 0 bridgehead atoms. The lowest BCUT2D eigenvalue weighted by Crippen LogP contribution is -2.23. The van der Waals surface area contributed by atoms with Gasteiger partial charge in [0, 0.05) is 53.5 Å². The number of hydrogen-bond donors (Lipinski definition) is 0. The van der Waals surface area contributed by atoms with Gasteiger partial charge in [0.05, 0.1) is 6.54 Å². The van der Waals surface area contributed by atoms with Crippen molar-refractivity contribution < 1.29 is 4.79 Å². The summed E-state index contributed by atoms with van der Waals surface area (Å²) in [4.78, 5) is 20.3. The van der Waals surface area contributed by atoms with Crippen molar-refractivity contribution >= 4 is 11.6 Å². The first-order valence-corrected chi connectivity index (χ1v) is 10.9. The van der Waals surface area contributed by atoms with E-state index in [1.165, 1.54) is 36.9 Å². The van der Waals surface area contributed by atoms with Gasteiger partial charge in [-0.1, -0.05) is 12.1 Å². The molecule has 0 unspecified atom stereocenters. The minimum Gasteiger partial charge on any atom is -0.321 e. The van der Waals surface area contributed by atoms with Crippen LogP contribution in [0.25, 0.3) is 0 Å². The number of hydrogen-bond acceptors (Lipinski definition) is 4. The largest absolute Gasteiger partial charge is 0.321 e. The summed E-state index contributed by atoms with van der Waals surface area (Å²) in [5, 5.41) is 8.12. The van der Waals surface area contributed by atoms with E-state index < -0.39 is 0 Å². The number of rotatable bonds is 6. The highest BCUT2D eigenvalue weighted by Crippen LogP contribution is 2.47. The highest BCUT2D eigenvalue weighted by molar-refractivity contribution is 6.10. The predicted molar refractivity (Wildman–Crippen MR) is 114 cm³/mol. The SMILES string of the molecule is Cn1cnnc1CCc1cccc(N2Cc3c(cc(C4CC4)nc3C3CC3)C2=O)c1. The van der Waals surface area contributed by atoms with Crippen LogP contribution < -0.4 is 4.90 Å². The Hall–Kier alpha value is -3.02. The van der Waals surface area contributed by atoms with Gasteiger partial charge in [-0.15, -0.1) is 10.2 Å². The topological polar surface area (TPSA) is 63.9 Å². The fourth-order valence-corrected chi connectivity index (χ4v) is 4.50. The van der Waals surface area contributed by atoms with Crippen molar-refractivity contribution in [3.63, 3.8) is 0 Å². The lowest BCUT2D eigenvalue weighted by molar-refractivity contribution is 0.0996. The van der Waals surface area contributed by atoms with Crippen LogP contribution >= 0.6 is 0 Å². The fourth-order valence-electron chi connectivity index (χ4n) is 4.50. The molecule has 6 nitrogen and oxygen atoms in total. The van der Waals surface area contributed by atoms with Crippen molar-refractivity contribution in [1.29, 1.82) is 0 Å². The Morgan fingerprint density at radius 1 is 1.07 bits per heavy atom. The zero-order chi connectivity index (χ0) is 20.2. The Kier molecular flexibility index (Phi) is 4.01. The quantitative estimate of drug-likeness (QED) is 0.630. The number of carbonyl (C=O) groups excluding carboxylic acids is 1. The Morgan fingerprint density at radius 3 is 2.63 bits per heavy atom. The summed E-state index contributed by atoms with van der Waals surface area (Å²) in [5.74, 6) is 2.22. The molecule has 0 atom stereocenters. The van der Waals surface area contributed by atoms with Crippen LogP contribution in [0.3, 0.4) is 0 Å². The van der Waals surface area contributed by atoms with Gasteiger partial charge in [-0.05, 0) is 55.9 Å². The Morgan fingerprint density at radius 2 is 1.90 bits per heavy atom. The molecular weight excluding hydrogens is 374 g/mol. The average molecular weight is 399 g/mol. The Labute approximate surface area is 176 Å². The van der Waals surface area contributed by atoms with Crippen LogP contribution in [0.2, 0.25) is 0 Å². The molecule has 3 aromatic rings. The van der Waals surface area contributed by atoms with Crippen LogP contribution in [0.4, 0.5) is 5.69 Å². The first-order valence-electron chi connectivity index (χ1n) is 10.9. The van der Waals surface area contributed by atoms with Gasteiger partial charge in [0.1, 0.15) is 12.2 Å². The van der Waals surface area contributed by atoms with E-state index in [9.17, 15) is 4.79 Å². The summed E-state index contributed by atoms with van der Waals surface area (Å²) in [6.45, 7) is 0.644. The van der Waals surface area contributed by atoms with Gasteiger partial charge in [-0.3, -0.25) is 9.78 Å².